The van der Waals surface area contributed by atoms with Crippen molar-refractivity contribution in [2.24, 2.45) is 5.73 Å². The number of nitrogens with two attached hydrogens (primary N) is 1. The van der Waals surface area contributed by atoms with Crippen LogP contribution in [0.15, 0.2) is 18.2 Å². The van der Waals surface area contributed by atoms with E-state index in [1.165, 1.54) is 0 Å². The van der Waals surface area contributed by atoms with Crippen molar-refractivity contribution in [3.8, 4) is 0 Å². The SMILES string of the molecule is Cl.NC1CCN(CCC(=O)Nc2cc(Cl)ccc2Cl)C1. The molecule has 0 aliphatic carbocycles. The standard InChI is InChI=1S/C13H17Cl2N3O.ClH/c14-9-1-2-11(15)12(7-9)17-13(19)4-6-18-5-3-10(16)8-18;/h1-2,7,10H,3-6,8,16H2,(H,17,19);1H. The molecule has 1 unspecified atom stereocenters. The van der Waals surface area contributed by atoms with Gasteiger partial charge in [0.2, 0.25) is 5.91 Å². The van der Waals surface area contributed by atoms with Crippen LogP contribution in [-0.4, -0.2) is 36.5 Å². The van der Waals surface area contributed by atoms with Gasteiger partial charge in [-0.05, 0) is 31.2 Å². The molecule has 2 rings (SSSR count). The Labute approximate surface area is 135 Å². The number of nitrogens with zero attached hydrogens (tertiary/aromatic N) is 1. The fraction of sp³-hybridized carbons (Fsp3) is 0.462. The molecule has 1 atom stereocenters. The zero-order chi connectivity index (χ0) is 13.8. The van der Waals surface area contributed by atoms with E-state index in [2.05, 4.69) is 10.2 Å². The van der Waals surface area contributed by atoms with E-state index in [1.54, 1.807) is 18.2 Å². The zero-order valence-corrected chi connectivity index (χ0v) is 13.3. The molecule has 1 aromatic carbocycles. The van der Waals surface area contributed by atoms with Crippen molar-refractivity contribution >= 4 is 47.2 Å². The molecule has 0 spiro atoms. The largest absolute Gasteiger partial charge is 0.326 e. The molecule has 1 aliphatic heterocycles. The van der Waals surface area contributed by atoms with Crippen LogP contribution in [0.1, 0.15) is 12.8 Å². The highest BCUT2D eigenvalue weighted by Gasteiger charge is 2.19. The van der Waals surface area contributed by atoms with Gasteiger partial charge in [-0.3, -0.25) is 4.79 Å². The summed E-state index contributed by atoms with van der Waals surface area (Å²) in [6, 6.07) is 5.24. The van der Waals surface area contributed by atoms with E-state index in [4.69, 9.17) is 28.9 Å². The van der Waals surface area contributed by atoms with Gasteiger partial charge in [0.05, 0.1) is 10.7 Å². The number of likely N-dealkylation sites (tertiary alicyclic amines) is 1. The summed E-state index contributed by atoms with van der Waals surface area (Å²) in [4.78, 5) is 14.0. The van der Waals surface area contributed by atoms with Crippen molar-refractivity contribution in [1.29, 1.82) is 0 Å². The summed E-state index contributed by atoms with van der Waals surface area (Å²) in [5.74, 6) is -0.0651. The first kappa shape index (κ1) is 17.5. The van der Waals surface area contributed by atoms with Gasteiger partial charge in [0.25, 0.3) is 0 Å². The Morgan fingerprint density at radius 3 is 2.85 bits per heavy atom. The van der Waals surface area contributed by atoms with E-state index < -0.39 is 0 Å². The molecule has 0 aromatic heterocycles. The van der Waals surface area contributed by atoms with Gasteiger partial charge in [0, 0.05) is 30.6 Å². The summed E-state index contributed by atoms with van der Waals surface area (Å²) in [7, 11) is 0. The summed E-state index contributed by atoms with van der Waals surface area (Å²) < 4.78 is 0. The Bertz CT molecular complexity index is 470. The number of amides is 1. The monoisotopic (exact) mass is 337 g/mol. The predicted octanol–water partition coefficient (Wildman–Crippen LogP) is 2.78. The minimum Gasteiger partial charge on any atom is -0.326 e. The number of rotatable bonds is 4. The van der Waals surface area contributed by atoms with Crippen LogP contribution >= 0.6 is 35.6 Å². The number of carbonyl (C=O) groups is 1. The van der Waals surface area contributed by atoms with E-state index in [0.29, 0.717) is 22.2 Å². The van der Waals surface area contributed by atoms with E-state index in [9.17, 15) is 4.79 Å². The lowest BCUT2D eigenvalue weighted by Crippen LogP contribution is -2.29. The Hall–Kier alpha value is -0.520. The number of nitrogens with one attached hydrogen (secondary N) is 1. The van der Waals surface area contributed by atoms with Gasteiger partial charge in [0.1, 0.15) is 0 Å². The highest BCUT2D eigenvalue weighted by Crippen LogP contribution is 2.25. The van der Waals surface area contributed by atoms with Crippen molar-refractivity contribution in [3.63, 3.8) is 0 Å². The van der Waals surface area contributed by atoms with E-state index in [1.807, 2.05) is 0 Å². The molecule has 1 heterocycles. The molecule has 1 saturated heterocycles. The quantitative estimate of drug-likeness (QED) is 0.887. The van der Waals surface area contributed by atoms with E-state index >= 15 is 0 Å². The minimum absolute atomic E-state index is 0. The molecule has 1 aromatic rings. The molecule has 0 bridgehead atoms. The normalized spacial score (nSPS) is 18.6. The second-order valence-electron chi connectivity index (χ2n) is 4.77. The highest BCUT2D eigenvalue weighted by atomic mass is 35.5. The molecule has 0 radical (unpaired) electrons. The van der Waals surface area contributed by atoms with Crippen LogP contribution in [0.5, 0.6) is 0 Å². The minimum atomic E-state index is -0.0651. The number of anilines is 1. The summed E-state index contributed by atoms with van der Waals surface area (Å²) in [6.45, 7) is 2.55. The maximum Gasteiger partial charge on any atom is 0.225 e. The Morgan fingerprint density at radius 2 is 2.20 bits per heavy atom. The molecule has 1 amide bonds. The van der Waals surface area contributed by atoms with Crippen molar-refractivity contribution < 1.29 is 4.79 Å². The van der Waals surface area contributed by atoms with Gasteiger partial charge in [-0.2, -0.15) is 0 Å². The van der Waals surface area contributed by atoms with Crippen LogP contribution in [0, 0.1) is 0 Å². The van der Waals surface area contributed by atoms with Crippen LogP contribution in [0.25, 0.3) is 0 Å². The van der Waals surface area contributed by atoms with Crippen molar-refractivity contribution in [3.05, 3.63) is 28.2 Å². The highest BCUT2D eigenvalue weighted by molar-refractivity contribution is 6.35. The number of hydrogen-bond donors (Lipinski definition) is 2. The first-order valence-electron chi connectivity index (χ1n) is 6.27. The number of halogens is 3. The zero-order valence-electron chi connectivity index (χ0n) is 10.9. The third-order valence-corrected chi connectivity index (χ3v) is 3.73. The lowest BCUT2D eigenvalue weighted by Gasteiger charge is -2.15. The van der Waals surface area contributed by atoms with Crippen LogP contribution < -0.4 is 11.1 Å². The number of carbonyl (C=O) groups excluding carboxylic acids is 1. The topological polar surface area (TPSA) is 58.4 Å². The summed E-state index contributed by atoms with van der Waals surface area (Å²) in [5, 5.41) is 3.81. The van der Waals surface area contributed by atoms with Gasteiger partial charge in [0.15, 0.2) is 0 Å². The average Bonchev–Trinajstić information content (AvgIpc) is 2.77. The van der Waals surface area contributed by atoms with Gasteiger partial charge >= 0.3 is 0 Å². The van der Waals surface area contributed by atoms with Crippen LogP contribution in [0.2, 0.25) is 10.0 Å². The molecule has 1 fully saturated rings. The Balaban J connectivity index is 0.00000200. The van der Waals surface area contributed by atoms with E-state index in [-0.39, 0.29) is 24.4 Å². The second-order valence-corrected chi connectivity index (χ2v) is 5.62. The fourth-order valence-electron chi connectivity index (χ4n) is 2.13. The summed E-state index contributed by atoms with van der Waals surface area (Å²) in [6.07, 6.45) is 1.43. The molecule has 3 N–H and O–H groups in total. The van der Waals surface area contributed by atoms with Gasteiger partial charge in [-0.15, -0.1) is 12.4 Å². The van der Waals surface area contributed by atoms with Crippen molar-refractivity contribution in [2.45, 2.75) is 18.9 Å². The number of hydrogen-bond acceptors (Lipinski definition) is 3. The molecule has 20 heavy (non-hydrogen) atoms. The van der Waals surface area contributed by atoms with Crippen LogP contribution in [0.3, 0.4) is 0 Å². The molecule has 112 valence electrons. The first-order valence-corrected chi connectivity index (χ1v) is 7.03. The Kier molecular flexibility index (Phi) is 7.06. The Morgan fingerprint density at radius 1 is 1.45 bits per heavy atom. The smallest absolute Gasteiger partial charge is 0.225 e. The fourth-order valence-corrected chi connectivity index (χ4v) is 2.47. The molecule has 4 nitrogen and oxygen atoms in total. The molecule has 0 saturated carbocycles. The third kappa shape index (κ3) is 5.11. The third-order valence-electron chi connectivity index (χ3n) is 3.17. The predicted molar refractivity (Wildman–Crippen MR) is 86.0 cm³/mol. The van der Waals surface area contributed by atoms with Crippen LogP contribution in [-0.2, 0) is 4.79 Å². The van der Waals surface area contributed by atoms with Crippen molar-refractivity contribution in [1.82, 2.24) is 4.90 Å². The first-order chi connectivity index (χ1) is 9.04. The average molecular weight is 339 g/mol. The lowest BCUT2D eigenvalue weighted by atomic mass is 10.3. The molecular formula is C13H18Cl3N3O. The van der Waals surface area contributed by atoms with E-state index in [0.717, 1.165) is 26.1 Å². The maximum absolute atomic E-state index is 11.8. The summed E-state index contributed by atoms with van der Waals surface area (Å²) >= 11 is 11.9. The summed E-state index contributed by atoms with van der Waals surface area (Å²) in [5.41, 5.74) is 6.37. The van der Waals surface area contributed by atoms with Crippen LogP contribution in [0.4, 0.5) is 5.69 Å². The van der Waals surface area contributed by atoms with Gasteiger partial charge in [-0.25, -0.2) is 0 Å². The maximum atomic E-state index is 11.8. The van der Waals surface area contributed by atoms with Gasteiger partial charge in [-0.1, -0.05) is 23.2 Å². The van der Waals surface area contributed by atoms with Gasteiger partial charge < -0.3 is 16.0 Å². The molecular weight excluding hydrogens is 321 g/mol. The molecule has 7 heteroatoms. The number of benzene rings is 1. The second kappa shape index (κ2) is 8.05. The molecule has 1 aliphatic rings. The lowest BCUT2D eigenvalue weighted by molar-refractivity contribution is -0.116. The van der Waals surface area contributed by atoms with Crippen molar-refractivity contribution in [2.75, 3.05) is 25.0 Å².